The number of hydrogen-bond donors (Lipinski definition) is 2. The van der Waals surface area contributed by atoms with Crippen LogP contribution < -0.4 is 10.5 Å². The van der Waals surface area contributed by atoms with Crippen molar-refractivity contribution in [2.24, 2.45) is 10.7 Å². The molecule has 0 fully saturated rings. The molecular formula is C29H26F2N4O3. The van der Waals surface area contributed by atoms with Gasteiger partial charge in [-0.1, -0.05) is 31.2 Å². The van der Waals surface area contributed by atoms with Crippen LogP contribution in [0, 0.1) is 11.6 Å². The number of aromatic nitrogens is 2. The summed E-state index contributed by atoms with van der Waals surface area (Å²) in [7, 11) is 0. The van der Waals surface area contributed by atoms with Crippen molar-refractivity contribution in [1.29, 1.82) is 0 Å². The fraction of sp³-hybridized carbons (Fsp3) is 0.207. The number of ether oxygens (including phenoxy) is 1. The molecule has 4 aromatic rings. The molecule has 0 bridgehead atoms. The van der Waals surface area contributed by atoms with Crippen LogP contribution in [0.4, 0.5) is 13.6 Å². The van der Waals surface area contributed by atoms with E-state index >= 15 is 0 Å². The van der Waals surface area contributed by atoms with Crippen molar-refractivity contribution in [3.63, 3.8) is 0 Å². The molecule has 0 saturated carbocycles. The number of aliphatic imine (C=N–C) groups is 1. The number of amides is 1. The summed E-state index contributed by atoms with van der Waals surface area (Å²) in [4.78, 5) is 19.4. The predicted molar refractivity (Wildman–Crippen MR) is 141 cm³/mol. The third-order valence-electron chi connectivity index (χ3n) is 6.65. The van der Waals surface area contributed by atoms with Crippen LogP contribution in [0.3, 0.4) is 0 Å². The van der Waals surface area contributed by atoms with Gasteiger partial charge in [-0.2, -0.15) is 9.38 Å². The number of imidazole rings is 1. The van der Waals surface area contributed by atoms with Crippen LogP contribution in [0.25, 0.3) is 16.6 Å². The monoisotopic (exact) mass is 516 g/mol. The number of aryl methyl sites for hydroxylation is 1. The molecule has 9 heteroatoms. The molecule has 3 aromatic carbocycles. The number of amidine groups is 1. The molecule has 0 unspecified atom stereocenters. The van der Waals surface area contributed by atoms with Crippen LogP contribution >= 0.6 is 0 Å². The highest BCUT2D eigenvalue weighted by Gasteiger charge is 2.27. The summed E-state index contributed by atoms with van der Waals surface area (Å²) in [6, 6.07) is 16.2. The second kappa shape index (κ2) is 10.1. The summed E-state index contributed by atoms with van der Waals surface area (Å²) in [6.07, 6.45) is 0.329. The number of carboxylic acid groups (broad SMARTS) is 1. The number of para-hydroxylation sites is 2. The van der Waals surface area contributed by atoms with Crippen LogP contribution in [0.2, 0.25) is 0 Å². The maximum atomic E-state index is 14.8. The average molecular weight is 517 g/mol. The summed E-state index contributed by atoms with van der Waals surface area (Å²) in [5.74, 6) is -1.68. The van der Waals surface area contributed by atoms with E-state index in [9.17, 15) is 13.6 Å². The lowest BCUT2D eigenvalue weighted by atomic mass is 9.89. The number of nitrogens with zero attached hydrogens (tertiary/aromatic N) is 3. The summed E-state index contributed by atoms with van der Waals surface area (Å²) >= 11 is 0. The average Bonchev–Trinajstić information content (AvgIpc) is 3.13. The molecular weight excluding hydrogens is 490 g/mol. The Morgan fingerprint density at radius 1 is 1.16 bits per heavy atom. The Balaban J connectivity index is 1.65. The maximum absolute atomic E-state index is 14.8. The van der Waals surface area contributed by atoms with Crippen molar-refractivity contribution < 1.29 is 23.4 Å². The molecule has 1 amide bonds. The lowest BCUT2D eigenvalue weighted by Crippen LogP contribution is -2.17. The zero-order valence-corrected chi connectivity index (χ0v) is 21.0. The van der Waals surface area contributed by atoms with Crippen molar-refractivity contribution >= 4 is 28.5 Å². The molecule has 2 heterocycles. The van der Waals surface area contributed by atoms with E-state index in [-0.39, 0.29) is 23.8 Å². The molecule has 0 saturated heterocycles. The standard InChI is InChI=1S/C29H26F2N4O3/c1-3-6-24-33-22-7-4-5-8-23(22)35(24)14-17-9-10-19-18(13-17)15-38-27-20(11-12-21(30)26(27)31)25(19)16(2)28(32)34-29(36)37/h4-5,7-13H,3,6,14-15H2,1-2H3,(H2,32,34)(H,36,37)/b25-16+. The van der Waals surface area contributed by atoms with Crippen LogP contribution in [-0.2, 0) is 19.6 Å². The van der Waals surface area contributed by atoms with Gasteiger partial charge < -0.3 is 20.1 Å². The van der Waals surface area contributed by atoms with E-state index < -0.39 is 17.7 Å². The highest BCUT2D eigenvalue weighted by molar-refractivity contribution is 6.10. The van der Waals surface area contributed by atoms with Gasteiger partial charge in [-0.15, -0.1) is 0 Å². The van der Waals surface area contributed by atoms with Crippen molar-refractivity contribution in [2.45, 2.75) is 39.8 Å². The van der Waals surface area contributed by atoms with E-state index in [1.807, 2.05) is 42.5 Å². The highest BCUT2D eigenvalue weighted by Crippen LogP contribution is 2.41. The van der Waals surface area contributed by atoms with Gasteiger partial charge in [-0.3, -0.25) is 0 Å². The molecule has 194 valence electrons. The zero-order valence-electron chi connectivity index (χ0n) is 21.0. The Hall–Kier alpha value is -4.53. The molecule has 0 spiro atoms. The Labute approximate surface area is 217 Å². The van der Waals surface area contributed by atoms with Crippen molar-refractivity contribution in [3.05, 3.63) is 99.9 Å². The van der Waals surface area contributed by atoms with E-state index in [2.05, 4.69) is 16.5 Å². The largest absolute Gasteiger partial charge is 0.485 e. The first-order chi connectivity index (χ1) is 18.3. The molecule has 5 rings (SSSR count). The van der Waals surface area contributed by atoms with Gasteiger partial charge in [-0.25, -0.2) is 14.2 Å². The minimum absolute atomic E-state index is 0.0181. The van der Waals surface area contributed by atoms with Crippen LogP contribution in [-0.4, -0.2) is 26.6 Å². The summed E-state index contributed by atoms with van der Waals surface area (Å²) in [5.41, 5.74) is 11.3. The topological polar surface area (TPSA) is 103 Å². The zero-order chi connectivity index (χ0) is 27.0. The normalized spacial score (nSPS) is 14.5. The van der Waals surface area contributed by atoms with Gasteiger partial charge in [0.2, 0.25) is 5.82 Å². The first kappa shape index (κ1) is 25.1. The summed E-state index contributed by atoms with van der Waals surface area (Å²) in [6.45, 7) is 4.24. The summed E-state index contributed by atoms with van der Waals surface area (Å²) < 4.78 is 36.9. The van der Waals surface area contributed by atoms with Gasteiger partial charge in [0.1, 0.15) is 18.3 Å². The van der Waals surface area contributed by atoms with E-state index in [1.165, 1.54) is 6.07 Å². The Morgan fingerprint density at radius 2 is 1.92 bits per heavy atom. The van der Waals surface area contributed by atoms with Gasteiger partial charge >= 0.3 is 6.09 Å². The predicted octanol–water partition coefficient (Wildman–Crippen LogP) is 6.06. The van der Waals surface area contributed by atoms with Crippen molar-refractivity contribution in [3.8, 4) is 5.75 Å². The first-order valence-electron chi connectivity index (χ1n) is 12.2. The van der Waals surface area contributed by atoms with E-state index in [4.69, 9.17) is 20.6 Å². The maximum Gasteiger partial charge on any atom is 0.433 e. The van der Waals surface area contributed by atoms with Crippen molar-refractivity contribution in [1.82, 2.24) is 9.55 Å². The van der Waals surface area contributed by atoms with Gasteiger partial charge in [0.25, 0.3) is 0 Å². The van der Waals surface area contributed by atoms with Crippen molar-refractivity contribution in [2.75, 3.05) is 0 Å². The van der Waals surface area contributed by atoms with Crippen LogP contribution in [0.5, 0.6) is 5.75 Å². The number of carbonyl (C=O) groups is 1. The SMILES string of the molecule is CCCc1nc2ccccc2n1Cc1ccc2c(c1)COc1c(ccc(F)c1F)/C2=C(\C)C(N)=NC(=O)O. The fourth-order valence-corrected chi connectivity index (χ4v) is 4.89. The molecule has 1 aliphatic heterocycles. The number of rotatable bonds is 5. The molecule has 3 N–H and O–H groups in total. The fourth-order valence-electron chi connectivity index (χ4n) is 4.89. The number of benzene rings is 3. The minimum atomic E-state index is -1.45. The Bertz CT molecular complexity index is 1640. The molecule has 0 radical (unpaired) electrons. The number of halogens is 2. The third-order valence-corrected chi connectivity index (χ3v) is 6.65. The smallest absolute Gasteiger partial charge is 0.433 e. The summed E-state index contributed by atoms with van der Waals surface area (Å²) in [5, 5.41) is 9.12. The Kier molecular flexibility index (Phi) is 6.67. The molecule has 1 aliphatic rings. The molecule has 1 aromatic heterocycles. The number of fused-ring (bicyclic) bond motifs is 3. The molecule has 0 atom stereocenters. The third kappa shape index (κ3) is 4.51. The van der Waals surface area contributed by atoms with Crippen LogP contribution in [0.15, 0.2) is 65.2 Å². The van der Waals surface area contributed by atoms with Gasteiger partial charge in [-0.05, 0) is 71.5 Å². The van der Waals surface area contributed by atoms with Gasteiger partial charge in [0, 0.05) is 18.5 Å². The minimum Gasteiger partial charge on any atom is -0.485 e. The Morgan fingerprint density at radius 3 is 2.68 bits per heavy atom. The molecule has 38 heavy (non-hydrogen) atoms. The molecule has 7 nitrogen and oxygen atoms in total. The quantitative estimate of drug-likeness (QED) is 0.248. The second-order valence-electron chi connectivity index (χ2n) is 9.15. The lowest BCUT2D eigenvalue weighted by molar-refractivity contribution is 0.205. The van der Waals surface area contributed by atoms with Crippen LogP contribution in [0.1, 0.15) is 48.3 Å². The first-order valence-corrected chi connectivity index (χ1v) is 12.2. The number of hydrogen-bond acceptors (Lipinski definition) is 3. The van der Waals surface area contributed by atoms with Gasteiger partial charge in [0.05, 0.1) is 11.0 Å². The lowest BCUT2D eigenvalue weighted by Gasteiger charge is -2.16. The van der Waals surface area contributed by atoms with E-state index in [1.54, 1.807) is 6.92 Å². The second-order valence-corrected chi connectivity index (χ2v) is 9.15. The van der Waals surface area contributed by atoms with E-state index in [0.29, 0.717) is 23.3 Å². The molecule has 0 aliphatic carbocycles. The van der Waals surface area contributed by atoms with Gasteiger partial charge in [0.15, 0.2) is 11.6 Å². The highest BCUT2D eigenvalue weighted by atomic mass is 19.2. The number of nitrogens with two attached hydrogens (primary N) is 1. The van der Waals surface area contributed by atoms with E-state index in [0.717, 1.165) is 46.9 Å².